The van der Waals surface area contributed by atoms with E-state index in [0.29, 0.717) is 6.10 Å². The molecule has 1 aromatic carbocycles. The number of ether oxygens (including phenoxy) is 1. The molecule has 1 aromatic rings. The van der Waals surface area contributed by atoms with E-state index in [-0.39, 0.29) is 5.54 Å². The van der Waals surface area contributed by atoms with Crippen molar-refractivity contribution in [2.75, 3.05) is 18.4 Å². The van der Waals surface area contributed by atoms with Crippen LogP contribution in [0.5, 0.6) is 5.75 Å². The van der Waals surface area contributed by atoms with Crippen LogP contribution in [0.15, 0.2) is 24.3 Å². The molecular formula is C17H28N2O. The van der Waals surface area contributed by atoms with Crippen LogP contribution >= 0.6 is 0 Å². The summed E-state index contributed by atoms with van der Waals surface area (Å²) in [6.45, 7) is 8.44. The first-order valence-corrected chi connectivity index (χ1v) is 7.78. The predicted molar refractivity (Wildman–Crippen MR) is 85.6 cm³/mol. The molecule has 1 saturated carbocycles. The van der Waals surface area contributed by atoms with Crippen molar-refractivity contribution in [3.8, 4) is 5.75 Å². The minimum atomic E-state index is 0.181. The summed E-state index contributed by atoms with van der Waals surface area (Å²) in [4.78, 5) is 0. The molecule has 0 aromatic heterocycles. The average Bonchev–Trinajstić information content (AvgIpc) is 2.88. The van der Waals surface area contributed by atoms with Crippen molar-refractivity contribution in [3.63, 3.8) is 0 Å². The first-order chi connectivity index (χ1) is 9.53. The zero-order chi connectivity index (χ0) is 14.4. The molecule has 112 valence electrons. The highest BCUT2D eigenvalue weighted by molar-refractivity contribution is 5.46. The molecule has 3 heteroatoms. The lowest BCUT2D eigenvalue weighted by molar-refractivity contribution is 0.210. The third kappa shape index (κ3) is 5.41. The molecule has 0 spiro atoms. The van der Waals surface area contributed by atoms with Crippen molar-refractivity contribution in [2.45, 2.75) is 58.1 Å². The predicted octanol–water partition coefficient (Wildman–Crippen LogP) is 3.81. The Bertz CT molecular complexity index is 388. The maximum atomic E-state index is 5.96. The Morgan fingerprint density at radius 1 is 1.05 bits per heavy atom. The summed E-state index contributed by atoms with van der Waals surface area (Å²) in [5, 5.41) is 6.88. The van der Waals surface area contributed by atoms with Crippen LogP contribution in [0.2, 0.25) is 0 Å². The van der Waals surface area contributed by atoms with Gasteiger partial charge in [-0.1, -0.05) is 0 Å². The van der Waals surface area contributed by atoms with E-state index in [1.807, 2.05) is 0 Å². The maximum absolute atomic E-state index is 5.96. The van der Waals surface area contributed by atoms with Crippen LogP contribution in [0.25, 0.3) is 0 Å². The Labute approximate surface area is 123 Å². The Balaban J connectivity index is 1.71. The van der Waals surface area contributed by atoms with Gasteiger partial charge in [-0.15, -0.1) is 0 Å². The molecule has 0 bridgehead atoms. The molecule has 0 unspecified atom stereocenters. The zero-order valence-electron chi connectivity index (χ0n) is 13.0. The van der Waals surface area contributed by atoms with E-state index in [1.54, 1.807) is 0 Å². The molecule has 1 aliphatic carbocycles. The maximum Gasteiger partial charge on any atom is 0.119 e. The van der Waals surface area contributed by atoms with Crippen molar-refractivity contribution in [1.29, 1.82) is 0 Å². The minimum absolute atomic E-state index is 0.181. The van der Waals surface area contributed by atoms with Crippen LogP contribution in [0.3, 0.4) is 0 Å². The van der Waals surface area contributed by atoms with Crippen LogP contribution in [0, 0.1) is 0 Å². The number of nitrogens with one attached hydrogen (secondary N) is 2. The molecular weight excluding hydrogens is 248 g/mol. The van der Waals surface area contributed by atoms with Crippen molar-refractivity contribution in [2.24, 2.45) is 0 Å². The van der Waals surface area contributed by atoms with Gasteiger partial charge in [0.25, 0.3) is 0 Å². The first-order valence-electron chi connectivity index (χ1n) is 7.78. The molecule has 2 rings (SSSR count). The third-order valence-corrected chi connectivity index (χ3v) is 3.57. The van der Waals surface area contributed by atoms with Gasteiger partial charge in [-0.05, 0) is 70.7 Å². The molecule has 0 amide bonds. The summed E-state index contributed by atoms with van der Waals surface area (Å²) in [7, 11) is 0. The van der Waals surface area contributed by atoms with Gasteiger partial charge in [0.2, 0.25) is 0 Å². The number of hydrogen-bond donors (Lipinski definition) is 2. The van der Waals surface area contributed by atoms with Gasteiger partial charge in [0.1, 0.15) is 5.75 Å². The standard InChI is InChI=1S/C17H28N2O/c1-17(2,3)19-13-12-18-14-8-10-16(11-9-14)20-15-6-4-5-7-15/h8-11,15,18-19H,4-7,12-13H2,1-3H3. The number of rotatable bonds is 6. The van der Waals surface area contributed by atoms with Crippen molar-refractivity contribution < 1.29 is 4.74 Å². The van der Waals surface area contributed by atoms with E-state index in [4.69, 9.17) is 4.74 Å². The Hall–Kier alpha value is -1.22. The van der Waals surface area contributed by atoms with E-state index < -0.39 is 0 Å². The van der Waals surface area contributed by atoms with E-state index in [9.17, 15) is 0 Å². The fraction of sp³-hybridized carbons (Fsp3) is 0.647. The summed E-state index contributed by atoms with van der Waals surface area (Å²) >= 11 is 0. The number of benzene rings is 1. The summed E-state index contributed by atoms with van der Waals surface area (Å²) in [6.07, 6.45) is 5.47. The normalized spacial score (nSPS) is 16.4. The minimum Gasteiger partial charge on any atom is -0.490 e. The monoisotopic (exact) mass is 276 g/mol. The molecule has 0 atom stereocenters. The largest absolute Gasteiger partial charge is 0.490 e. The Morgan fingerprint density at radius 3 is 2.30 bits per heavy atom. The topological polar surface area (TPSA) is 33.3 Å². The highest BCUT2D eigenvalue weighted by atomic mass is 16.5. The second-order valence-electron chi connectivity index (χ2n) is 6.65. The molecule has 1 aliphatic rings. The summed E-state index contributed by atoms with van der Waals surface area (Å²) < 4.78 is 5.96. The van der Waals surface area contributed by atoms with Crippen LogP contribution in [-0.4, -0.2) is 24.7 Å². The van der Waals surface area contributed by atoms with E-state index in [2.05, 4.69) is 55.7 Å². The van der Waals surface area contributed by atoms with E-state index in [1.165, 1.54) is 25.7 Å². The van der Waals surface area contributed by atoms with Gasteiger partial charge < -0.3 is 15.4 Å². The van der Waals surface area contributed by atoms with Gasteiger partial charge in [0.05, 0.1) is 6.10 Å². The van der Waals surface area contributed by atoms with Gasteiger partial charge in [-0.2, -0.15) is 0 Å². The van der Waals surface area contributed by atoms with Gasteiger partial charge >= 0.3 is 0 Å². The summed E-state index contributed by atoms with van der Waals surface area (Å²) in [5.41, 5.74) is 1.33. The number of anilines is 1. The highest BCUT2D eigenvalue weighted by Gasteiger charge is 2.16. The molecule has 0 aliphatic heterocycles. The van der Waals surface area contributed by atoms with E-state index >= 15 is 0 Å². The lowest BCUT2D eigenvalue weighted by atomic mass is 10.1. The zero-order valence-corrected chi connectivity index (χ0v) is 13.0. The first kappa shape index (κ1) is 15.2. The van der Waals surface area contributed by atoms with Crippen LogP contribution < -0.4 is 15.4 Å². The van der Waals surface area contributed by atoms with Crippen LogP contribution in [-0.2, 0) is 0 Å². The molecule has 20 heavy (non-hydrogen) atoms. The smallest absolute Gasteiger partial charge is 0.119 e. The second-order valence-corrected chi connectivity index (χ2v) is 6.65. The highest BCUT2D eigenvalue weighted by Crippen LogP contribution is 2.24. The molecule has 1 fully saturated rings. The molecule has 2 N–H and O–H groups in total. The second kappa shape index (κ2) is 6.98. The van der Waals surface area contributed by atoms with Gasteiger partial charge in [-0.3, -0.25) is 0 Å². The van der Waals surface area contributed by atoms with Crippen LogP contribution in [0.1, 0.15) is 46.5 Å². The van der Waals surface area contributed by atoms with Crippen LogP contribution in [0.4, 0.5) is 5.69 Å². The molecule has 0 saturated heterocycles. The fourth-order valence-corrected chi connectivity index (χ4v) is 2.49. The van der Waals surface area contributed by atoms with Gasteiger partial charge in [-0.25, -0.2) is 0 Å². The van der Waals surface area contributed by atoms with Crippen molar-refractivity contribution in [1.82, 2.24) is 5.32 Å². The lowest BCUT2D eigenvalue weighted by Crippen LogP contribution is -2.38. The molecule has 3 nitrogen and oxygen atoms in total. The Morgan fingerprint density at radius 2 is 1.70 bits per heavy atom. The average molecular weight is 276 g/mol. The molecule has 0 heterocycles. The Kier molecular flexibility index (Phi) is 5.30. The van der Waals surface area contributed by atoms with Gasteiger partial charge in [0, 0.05) is 24.3 Å². The summed E-state index contributed by atoms with van der Waals surface area (Å²) in [6, 6.07) is 8.33. The summed E-state index contributed by atoms with van der Waals surface area (Å²) in [5.74, 6) is 0.996. The lowest BCUT2D eigenvalue weighted by Gasteiger charge is -2.20. The fourth-order valence-electron chi connectivity index (χ4n) is 2.49. The third-order valence-electron chi connectivity index (χ3n) is 3.57. The quantitative estimate of drug-likeness (QED) is 0.775. The van der Waals surface area contributed by atoms with Crippen molar-refractivity contribution >= 4 is 5.69 Å². The van der Waals surface area contributed by atoms with E-state index in [0.717, 1.165) is 24.5 Å². The van der Waals surface area contributed by atoms with Crippen molar-refractivity contribution in [3.05, 3.63) is 24.3 Å². The van der Waals surface area contributed by atoms with Gasteiger partial charge in [0.15, 0.2) is 0 Å². The molecule has 0 radical (unpaired) electrons. The SMILES string of the molecule is CC(C)(C)NCCNc1ccc(OC2CCCC2)cc1. The number of hydrogen-bond acceptors (Lipinski definition) is 3.